The van der Waals surface area contributed by atoms with E-state index in [0.717, 1.165) is 0 Å². The van der Waals surface area contributed by atoms with Crippen molar-refractivity contribution in [3.05, 3.63) is 45.9 Å². The summed E-state index contributed by atoms with van der Waals surface area (Å²) < 4.78 is 0.690. The number of rotatable bonds is 5. The van der Waals surface area contributed by atoms with Crippen molar-refractivity contribution in [3.63, 3.8) is 0 Å². The summed E-state index contributed by atoms with van der Waals surface area (Å²) in [6.45, 7) is 3.76. The molecule has 116 valence electrons. The van der Waals surface area contributed by atoms with Crippen LogP contribution in [0.3, 0.4) is 0 Å². The van der Waals surface area contributed by atoms with Crippen LogP contribution in [-0.2, 0) is 4.79 Å². The number of hydrogen-bond donors (Lipinski definition) is 2. The lowest BCUT2D eigenvalue weighted by atomic mass is 10.0. The Morgan fingerprint density at radius 1 is 1.27 bits per heavy atom. The minimum atomic E-state index is -0.636. The van der Waals surface area contributed by atoms with Crippen LogP contribution in [0.25, 0.3) is 0 Å². The highest BCUT2D eigenvalue weighted by Gasteiger charge is 2.25. The Morgan fingerprint density at radius 2 is 2.00 bits per heavy atom. The van der Waals surface area contributed by atoms with Crippen LogP contribution in [0, 0.1) is 5.92 Å². The first-order valence-electron chi connectivity index (χ1n) is 6.74. The predicted octanol–water partition coefficient (Wildman–Crippen LogP) is 3.30. The van der Waals surface area contributed by atoms with Crippen molar-refractivity contribution in [1.82, 2.24) is 10.3 Å². The Kier molecular flexibility index (Phi) is 5.68. The standard InChI is InChI=1S/C15H16BrN3O2S/c1-9(2)12(14(21)19-15-17-7-8-22-15)18-13(20)10-5-3-4-6-11(10)16/h3-9,12H,1-2H3,(H,18,20)(H,17,19,21)/t12-/m0/s1. The lowest BCUT2D eigenvalue weighted by Crippen LogP contribution is -2.47. The molecule has 0 radical (unpaired) electrons. The van der Waals surface area contributed by atoms with Crippen LogP contribution in [0.1, 0.15) is 24.2 Å². The second-order valence-corrected chi connectivity index (χ2v) is 6.75. The van der Waals surface area contributed by atoms with Crippen molar-refractivity contribution >= 4 is 44.2 Å². The number of thiazole rings is 1. The van der Waals surface area contributed by atoms with E-state index < -0.39 is 6.04 Å². The van der Waals surface area contributed by atoms with Crippen molar-refractivity contribution in [2.75, 3.05) is 5.32 Å². The fraction of sp³-hybridized carbons (Fsp3) is 0.267. The molecule has 5 nitrogen and oxygen atoms in total. The summed E-state index contributed by atoms with van der Waals surface area (Å²) in [5.74, 6) is -0.614. The van der Waals surface area contributed by atoms with Gasteiger partial charge in [-0.25, -0.2) is 4.98 Å². The molecule has 2 aromatic rings. The van der Waals surface area contributed by atoms with E-state index in [-0.39, 0.29) is 17.7 Å². The molecular formula is C15H16BrN3O2S. The van der Waals surface area contributed by atoms with Crippen LogP contribution in [0.4, 0.5) is 5.13 Å². The van der Waals surface area contributed by atoms with Crippen LogP contribution in [0.5, 0.6) is 0 Å². The van der Waals surface area contributed by atoms with E-state index in [1.165, 1.54) is 11.3 Å². The monoisotopic (exact) mass is 381 g/mol. The average molecular weight is 382 g/mol. The molecule has 0 saturated carbocycles. The van der Waals surface area contributed by atoms with Gasteiger partial charge in [-0.15, -0.1) is 11.3 Å². The van der Waals surface area contributed by atoms with Crippen molar-refractivity contribution in [2.45, 2.75) is 19.9 Å². The van der Waals surface area contributed by atoms with Gasteiger partial charge in [-0.1, -0.05) is 26.0 Å². The maximum atomic E-state index is 12.4. The molecule has 0 unspecified atom stereocenters. The van der Waals surface area contributed by atoms with Crippen molar-refractivity contribution in [1.29, 1.82) is 0 Å². The van der Waals surface area contributed by atoms with Crippen molar-refractivity contribution < 1.29 is 9.59 Å². The third kappa shape index (κ3) is 4.14. The van der Waals surface area contributed by atoms with Gasteiger partial charge in [-0.2, -0.15) is 0 Å². The molecule has 1 atom stereocenters. The van der Waals surface area contributed by atoms with Gasteiger partial charge < -0.3 is 10.6 Å². The van der Waals surface area contributed by atoms with Gasteiger partial charge in [-0.05, 0) is 34.0 Å². The molecule has 0 aliphatic rings. The summed E-state index contributed by atoms with van der Waals surface area (Å²) in [6.07, 6.45) is 1.62. The molecule has 0 aliphatic heterocycles. The quantitative estimate of drug-likeness (QED) is 0.834. The zero-order chi connectivity index (χ0) is 16.1. The van der Waals surface area contributed by atoms with E-state index in [1.54, 1.807) is 29.8 Å². The highest BCUT2D eigenvalue weighted by atomic mass is 79.9. The van der Waals surface area contributed by atoms with Gasteiger partial charge in [0.25, 0.3) is 5.91 Å². The van der Waals surface area contributed by atoms with E-state index in [1.807, 2.05) is 19.9 Å². The summed E-state index contributed by atoms with van der Waals surface area (Å²) >= 11 is 4.67. The van der Waals surface area contributed by atoms with E-state index in [0.29, 0.717) is 15.2 Å². The van der Waals surface area contributed by atoms with Gasteiger partial charge in [0.05, 0.1) is 5.56 Å². The minimum Gasteiger partial charge on any atom is -0.340 e. The van der Waals surface area contributed by atoms with E-state index >= 15 is 0 Å². The number of aromatic nitrogens is 1. The molecule has 0 spiro atoms. The first kappa shape index (κ1) is 16.6. The summed E-state index contributed by atoms with van der Waals surface area (Å²) in [6, 6.07) is 6.46. The molecule has 7 heteroatoms. The van der Waals surface area contributed by atoms with Crippen LogP contribution in [-0.4, -0.2) is 22.8 Å². The molecule has 1 heterocycles. The van der Waals surface area contributed by atoms with Gasteiger partial charge in [0, 0.05) is 16.0 Å². The maximum Gasteiger partial charge on any atom is 0.253 e. The summed E-state index contributed by atoms with van der Waals surface area (Å²) in [7, 11) is 0. The molecule has 2 amide bonds. The first-order chi connectivity index (χ1) is 10.5. The molecular weight excluding hydrogens is 366 g/mol. The highest BCUT2D eigenvalue weighted by Crippen LogP contribution is 2.17. The van der Waals surface area contributed by atoms with Crippen LogP contribution < -0.4 is 10.6 Å². The lowest BCUT2D eigenvalue weighted by molar-refractivity contribution is -0.118. The smallest absolute Gasteiger partial charge is 0.253 e. The number of benzene rings is 1. The Bertz CT molecular complexity index is 659. The summed E-state index contributed by atoms with van der Waals surface area (Å²) in [5, 5.41) is 7.80. The normalized spacial score (nSPS) is 12.0. The fourth-order valence-electron chi connectivity index (χ4n) is 1.87. The molecule has 0 fully saturated rings. The number of nitrogens with one attached hydrogen (secondary N) is 2. The average Bonchev–Trinajstić information content (AvgIpc) is 2.97. The number of carbonyl (C=O) groups is 2. The summed E-state index contributed by atoms with van der Waals surface area (Å²) in [4.78, 5) is 28.7. The van der Waals surface area contributed by atoms with E-state index in [4.69, 9.17) is 0 Å². The zero-order valence-electron chi connectivity index (χ0n) is 12.2. The molecule has 0 bridgehead atoms. The van der Waals surface area contributed by atoms with E-state index in [2.05, 4.69) is 31.5 Å². The Labute approximate surface area is 141 Å². The number of anilines is 1. The predicted molar refractivity (Wildman–Crippen MR) is 91.0 cm³/mol. The largest absolute Gasteiger partial charge is 0.340 e. The fourth-order valence-corrected chi connectivity index (χ4v) is 2.86. The second-order valence-electron chi connectivity index (χ2n) is 5.00. The number of carbonyl (C=O) groups excluding carboxylic acids is 2. The third-order valence-corrected chi connectivity index (χ3v) is 4.40. The number of halogens is 1. The Morgan fingerprint density at radius 3 is 2.59 bits per heavy atom. The van der Waals surface area contributed by atoms with Crippen molar-refractivity contribution in [2.24, 2.45) is 5.92 Å². The molecule has 22 heavy (non-hydrogen) atoms. The van der Waals surface area contributed by atoms with Gasteiger partial charge in [-0.3, -0.25) is 9.59 Å². The molecule has 0 aliphatic carbocycles. The minimum absolute atomic E-state index is 0.0496. The Balaban J connectivity index is 2.10. The molecule has 0 saturated heterocycles. The highest BCUT2D eigenvalue weighted by molar-refractivity contribution is 9.10. The molecule has 1 aromatic carbocycles. The SMILES string of the molecule is CC(C)[C@H](NC(=O)c1ccccc1Br)C(=O)Nc1nccs1. The van der Waals surface area contributed by atoms with Gasteiger partial charge in [0.2, 0.25) is 5.91 Å². The number of amides is 2. The topological polar surface area (TPSA) is 71.1 Å². The third-order valence-electron chi connectivity index (χ3n) is 3.02. The number of nitrogens with zero attached hydrogens (tertiary/aromatic N) is 1. The summed E-state index contributed by atoms with van der Waals surface area (Å²) in [5.41, 5.74) is 0.496. The molecule has 2 rings (SSSR count). The zero-order valence-corrected chi connectivity index (χ0v) is 14.6. The second kappa shape index (κ2) is 7.51. The van der Waals surface area contributed by atoms with Gasteiger partial charge in [0.1, 0.15) is 6.04 Å². The lowest BCUT2D eigenvalue weighted by Gasteiger charge is -2.21. The first-order valence-corrected chi connectivity index (χ1v) is 8.42. The molecule has 1 aromatic heterocycles. The number of hydrogen-bond acceptors (Lipinski definition) is 4. The molecule has 2 N–H and O–H groups in total. The van der Waals surface area contributed by atoms with E-state index in [9.17, 15) is 9.59 Å². The van der Waals surface area contributed by atoms with Gasteiger partial charge in [0.15, 0.2) is 5.13 Å². The van der Waals surface area contributed by atoms with Crippen LogP contribution in [0.15, 0.2) is 40.3 Å². The maximum absolute atomic E-state index is 12.4. The van der Waals surface area contributed by atoms with Crippen LogP contribution >= 0.6 is 27.3 Å². The Hall–Kier alpha value is -1.73. The van der Waals surface area contributed by atoms with Crippen LogP contribution in [0.2, 0.25) is 0 Å². The van der Waals surface area contributed by atoms with Gasteiger partial charge >= 0.3 is 0 Å². The van der Waals surface area contributed by atoms with Crippen molar-refractivity contribution in [3.8, 4) is 0 Å².